The van der Waals surface area contributed by atoms with Crippen LogP contribution in [0.5, 0.6) is 0 Å². The van der Waals surface area contributed by atoms with Gasteiger partial charge in [-0.1, -0.05) is 49.3 Å². The maximum atomic E-state index is 11.1. The van der Waals surface area contributed by atoms with Gasteiger partial charge in [-0.05, 0) is 5.41 Å². The van der Waals surface area contributed by atoms with Crippen molar-refractivity contribution in [3.63, 3.8) is 0 Å². The van der Waals surface area contributed by atoms with Crippen molar-refractivity contribution in [2.45, 2.75) is 19.8 Å². The molecule has 0 unspecified atom stereocenters. The number of carbonyl (C=O) groups is 1. The van der Waals surface area contributed by atoms with Crippen LogP contribution in [0.2, 0.25) is 0 Å². The van der Waals surface area contributed by atoms with Crippen LogP contribution in [0.4, 0.5) is 0 Å². The van der Waals surface area contributed by atoms with Crippen molar-refractivity contribution in [1.29, 1.82) is 0 Å². The molecule has 5 nitrogen and oxygen atoms in total. The largest absolute Gasteiger partial charge is 0.481 e. The molecule has 0 radical (unpaired) electrons. The van der Waals surface area contributed by atoms with Crippen LogP contribution in [0.3, 0.4) is 0 Å². The van der Waals surface area contributed by atoms with Crippen molar-refractivity contribution in [2.24, 2.45) is 11.3 Å². The summed E-state index contributed by atoms with van der Waals surface area (Å²) in [5.74, 6) is -0.542. The van der Waals surface area contributed by atoms with E-state index in [1.165, 1.54) is 0 Å². The zero-order valence-electron chi connectivity index (χ0n) is 10.7. The minimum absolute atomic E-state index is 0.199. The van der Waals surface area contributed by atoms with Crippen LogP contribution in [-0.4, -0.2) is 21.2 Å². The second-order valence-corrected chi connectivity index (χ2v) is 5.44. The first kappa shape index (κ1) is 11.9. The highest BCUT2D eigenvalue weighted by Crippen LogP contribution is 2.64. The van der Waals surface area contributed by atoms with Crippen molar-refractivity contribution >= 4 is 5.97 Å². The summed E-state index contributed by atoms with van der Waals surface area (Å²) in [4.78, 5) is 15.5. The fourth-order valence-electron chi connectivity index (χ4n) is 2.63. The molecular weight excluding hydrogens is 244 g/mol. The Hall–Kier alpha value is -2.17. The minimum Gasteiger partial charge on any atom is -0.481 e. The quantitative estimate of drug-likeness (QED) is 0.915. The third-order valence-electron chi connectivity index (χ3n) is 3.83. The predicted molar refractivity (Wildman–Crippen MR) is 67.4 cm³/mol. The summed E-state index contributed by atoms with van der Waals surface area (Å²) in [6.07, 6.45) is 0. The van der Waals surface area contributed by atoms with Gasteiger partial charge in [0.25, 0.3) is 0 Å². The number of nitrogens with zero attached hydrogens (tertiary/aromatic N) is 2. The number of aromatic nitrogens is 2. The standard InChI is InChI=1S/C14H14N2O3/c1-14(2)9(10(14)13(17)18)12-15-11(16-19-12)8-6-4-3-5-7-8/h3-7,9-10H,1-2H3,(H,17,18)/t9-,10+/m0/s1. The van der Waals surface area contributed by atoms with Gasteiger partial charge in [-0.15, -0.1) is 0 Å². The summed E-state index contributed by atoms with van der Waals surface area (Å²) in [6, 6.07) is 9.48. The van der Waals surface area contributed by atoms with Crippen molar-refractivity contribution in [2.75, 3.05) is 0 Å². The Morgan fingerprint density at radius 1 is 1.32 bits per heavy atom. The maximum absolute atomic E-state index is 11.1. The normalized spacial score (nSPS) is 24.1. The number of carboxylic acids is 1. The smallest absolute Gasteiger partial charge is 0.307 e. The van der Waals surface area contributed by atoms with E-state index in [-0.39, 0.29) is 11.3 Å². The molecule has 1 aliphatic rings. The summed E-state index contributed by atoms with van der Waals surface area (Å²) < 4.78 is 5.23. The molecule has 98 valence electrons. The van der Waals surface area contributed by atoms with Crippen molar-refractivity contribution < 1.29 is 14.4 Å². The van der Waals surface area contributed by atoms with Crippen LogP contribution in [-0.2, 0) is 4.79 Å². The molecule has 1 heterocycles. The molecule has 1 saturated carbocycles. The van der Waals surface area contributed by atoms with E-state index >= 15 is 0 Å². The van der Waals surface area contributed by atoms with Crippen LogP contribution in [0.15, 0.2) is 34.9 Å². The van der Waals surface area contributed by atoms with Gasteiger partial charge in [-0.2, -0.15) is 4.98 Å². The minimum atomic E-state index is -0.811. The first-order chi connectivity index (χ1) is 9.01. The van der Waals surface area contributed by atoms with E-state index in [2.05, 4.69) is 10.1 Å². The molecule has 0 aliphatic heterocycles. The number of hydrogen-bond acceptors (Lipinski definition) is 4. The number of hydrogen-bond donors (Lipinski definition) is 1. The summed E-state index contributed by atoms with van der Waals surface area (Å²) in [5, 5.41) is 13.1. The van der Waals surface area contributed by atoms with E-state index in [1.54, 1.807) is 0 Å². The molecule has 2 atom stereocenters. The monoisotopic (exact) mass is 258 g/mol. The lowest BCUT2D eigenvalue weighted by atomic mass is 10.1. The first-order valence-electron chi connectivity index (χ1n) is 6.13. The van der Waals surface area contributed by atoms with Crippen LogP contribution in [0, 0.1) is 11.3 Å². The highest BCUT2D eigenvalue weighted by atomic mass is 16.5. The third kappa shape index (κ3) is 1.82. The molecule has 5 heteroatoms. The Labute approximate surface area is 110 Å². The highest BCUT2D eigenvalue weighted by molar-refractivity contribution is 5.77. The number of benzene rings is 1. The molecule has 1 N–H and O–H groups in total. The van der Waals surface area contributed by atoms with Crippen molar-refractivity contribution in [3.05, 3.63) is 36.2 Å². The van der Waals surface area contributed by atoms with E-state index in [1.807, 2.05) is 44.2 Å². The molecule has 0 saturated heterocycles. The lowest BCUT2D eigenvalue weighted by Crippen LogP contribution is -2.03. The second-order valence-electron chi connectivity index (χ2n) is 5.44. The Morgan fingerprint density at radius 2 is 2.00 bits per heavy atom. The fourth-order valence-corrected chi connectivity index (χ4v) is 2.63. The van der Waals surface area contributed by atoms with Gasteiger partial charge in [-0.25, -0.2) is 0 Å². The van der Waals surface area contributed by atoms with Gasteiger partial charge in [0.1, 0.15) is 0 Å². The zero-order chi connectivity index (χ0) is 13.6. The van der Waals surface area contributed by atoms with Crippen molar-refractivity contribution in [3.8, 4) is 11.4 Å². The van der Waals surface area contributed by atoms with E-state index in [9.17, 15) is 4.79 Å². The fraction of sp³-hybridized carbons (Fsp3) is 0.357. The summed E-state index contributed by atoms with van der Waals surface area (Å²) in [5.41, 5.74) is 0.537. The second kappa shape index (κ2) is 3.91. The molecule has 3 rings (SSSR count). The van der Waals surface area contributed by atoms with Crippen LogP contribution < -0.4 is 0 Å². The molecule has 1 aromatic carbocycles. The van der Waals surface area contributed by atoms with Gasteiger partial charge < -0.3 is 9.63 Å². The Bertz CT molecular complexity index is 619. The maximum Gasteiger partial charge on any atom is 0.307 e. The summed E-state index contributed by atoms with van der Waals surface area (Å²) in [6.45, 7) is 3.81. The van der Waals surface area contributed by atoms with Gasteiger partial charge in [-0.3, -0.25) is 4.79 Å². The average molecular weight is 258 g/mol. The Morgan fingerprint density at radius 3 is 2.58 bits per heavy atom. The summed E-state index contributed by atoms with van der Waals surface area (Å²) in [7, 11) is 0. The summed E-state index contributed by atoms with van der Waals surface area (Å²) >= 11 is 0. The molecule has 1 aromatic heterocycles. The van der Waals surface area contributed by atoms with Gasteiger partial charge >= 0.3 is 5.97 Å². The van der Waals surface area contributed by atoms with Crippen molar-refractivity contribution in [1.82, 2.24) is 10.1 Å². The molecular formula is C14H14N2O3. The van der Waals surface area contributed by atoms with Gasteiger partial charge in [0.05, 0.1) is 11.8 Å². The van der Waals surface area contributed by atoms with Crippen LogP contribution in [0.25, 0.3) is 11.4 Å². The number of carboxylic acid groups (broad SMARTS) is 1. The van der Waals surface area contributed by atoms with Crippen LogP contribution >= 0.6 is 0 Å². The molecule has 0 spiro atoms. The molecule has 0 amide bonds. The Balaban J connectivity index is 1.90. The molecule has 2 aromatic rings. The van der Waals surface area contributed by atoms with Gasteiger partial charge in [0.15, 0.2) is 0 Å². The topological polar surface area (TPSA) is 76.2 Å². The lowest BCUT2D eigenvalue weighted by Gasteiger charge is -1.96. The van der Waals surface area contributed by atoms with Gasteiger partial charge in [0, 0.05) is 5.56 Å². The lowest BCUT2D eigenvalue weighted by molar-refractivity contribution is -0.139. The van der Waals surface area contributed by atoms with Gasteiger partial charge in [0.2, 0.25) is 11.7 Å². The van der Waals surface area contributed by atoms with Crippen LogP contribution in [0.1, 0.15) is 25.7 Å². The number of aliphatic carboxylic acids is 1. The molecule has 19 heavy (non-hydrogen) atoms. The van der Waals surface area contributed by atoms with E-state index in [4.69, 9.17) is 9.63 Å². The molecule has 0 bridgehead atoms. The molecule has 1 aliphatic carbocycles. The predicted octanol–water partition coefficient (Wildman–Crippen LogP) is 2.56. The average Bonchev–Trinajstić information content (AvgIpc) is 2.76. The first-order valence-corrected chi connectivity index (χ1v) is 6.13. The third-order valence-corrected chi connectivity index (χ3v) is 3.83. The Kier molecular flexibility index (Phi) is 2.45. The molecule has 1 fully saturated rings. The van der Waals surface area contributed by atoms with E-state index in [0.29, 0.717) is 11.7 Å². The number of rotatable bonds is 3. The van der Waals surface area contributed by atoms with E-state index < -0.39 is 11.9 Å². The zero-order valence-corrected chi connectivity index (χ0v) is 10.7. The SMILES string of the molecule is CC1(C)[C@H](c2nc(-c3ccccc3)no2)[C@@H]1C(=O)O. The van der Waals surface area contributed by atoms with E-state index in [0.717, 1.165) is 5.56 Å². The highest BCUT2D eigenvalue weighted by Gasteiger charge is 2.65.